The second-order valence-electron chi connectivity index (χ2n) is 6.37. The van der Waals surface area contributed by atoms with E-state index in [4.69, 9.17) is 4.42 Å². The summed E-state index contributed by atoms with van der Waals surface area (Å²) in [6.45, 7) is 0. The predicted molar refractivity (Wildman–Crippen MR) is 93.7 cm³/mol. The second-order valence-corrected chi connectivity index (χ2v) is 6.37. The first-order chi connectivity index (χ1) is 11.3. The number of para-hydroxylation sites is 1. The van der Waals surface area contributed by atoms with Crippen LogP contribution in [0, 0.1) is 0 Å². The minimum atomic E-state index is 0.0959. The van der Waals surface area contributed by atoms with E-state index in [0.717, 1.165) is 29.7 Å². The molecule has 1 aliphatic carbocycles. The third-order valence-electron chi connectivity index (χ3n) is 4.86. The van der Waals surface area contributed by atoms with Crippen LogP contribution in [0.2, 0.25) is 0 Å². The summed E-state index contributed by atoms with van der Waals surface area (Å²) in [5.41, 5.74) is 2.53. The molecular weight excluding hydrogens is 284 g/mol. The van der Waals surface area contributed by atoms with Crippen molar-refractivity contribution in [3.8, 4) is 11.1 Å². The zero-order chi connectivity index (χ0) is 15.6. The van der Waals surface area contributed by atoms with Crippen LogP contribution in [0.15, 0.2) is 63.8 Å². The Morgan fingerprint density at radius 1 is 0.826 bits per heavy atom. The molecule has 2 nitrogen and oxygen atoms in total. The van der Waals surface area contributed by atoms with E-state index in [9.17, 15) is 4.79 Å². The van der Waals surface area contributed by atoms with Gasteiger partial charge in [0.2, 0.25) is 5.43 Å². The molecule has 1 aromatic heterocycles. The monoisotopic (exact) mass is 304 g/mol. The standard InChI is InChI=1S/C21H20O2/c22-20-17-13-7-8-14-18(17)23-21(16-11-5-2-6-12-16)19(20)15-9-3-1-4-10-15/h1,3-4,7-10,13-14,16H,2,5-6,11-12H2. The Bertz CT molecular complexity index is 871. The molecule has 116 valence electrons. The van der Waals surface area contributed by atoms with Crippen LogP contribution in [0.5, 0.6) is 0 Å². The third-order valence-corrected chi connectivity index (χ3v) is 4.86. The number of fused-ring (bicyclic) bond motifs is 1. The molecule has 0 N–H and O–H groups in total. The maximum absolute atomic E-state index is 13.1. The summed E-state index contributed by atoms with van der Waals surface area (Å²) >= 11 is 0. The fraction of sp³-hybridized carbons (Fsp3) is 0.286. The molecule has 0 spiro atoms. The molecule has 2 heteroatoms. The molecule has 1 saturated carbocycles. The van der Waals surface area contributed by atoms with E-state index in [-0.39, 0.29) is 5.43 Å². The van der Waals surface area contributed by atoms with Crippen molar-refractivity contribution in [2.75, 3.05) is 0 Å². The fourth-order valence-corrected chi connectivity index (χ4v) is 3.69. The lowest BCUT2D eigenvalue weighted by Gasteiger charge is -2.23. The molecule has 0 saturated heterocycles. The molecule has 0 amide bonds. The Morgan fingerprint density at radius 3 is 2.30 bits per heavy atom. The van der Waals surface area contributed by atoms with E-state index >= 15 is 0 Å². The van der Waals surface area contributed by atoms with Crippen LogP contribution in [0.1, 0.15) is 43.8 Å². The zero-order valence-electron chi connectivity index (χ0n) is 13.1. The fourth-order valence-electron chi connectivity index (χ4n) is 3.69. The van der Waals surface area contributed by atoms with Crippen molar-refractivity contribution in [3.63, 3.8) is 0 Å². The van der Waals surface area contributed by atoms with E-state index < -0.39 is 0 Å². The van der Waals surface area contributed by atoms with Gasteiger partial charge in [-0.2, -0.15) is 0 Å². The van der Waals surface area contributed by atoms with Crippen LogP contribution in [-0.4, -0.2) is 0 Å². The Balaban J connectivity index is 2.00. The molecule has 0 aliphatic heterocycles. The Morgan fingerprint density at radius 2 is 1.52 bits per heavy atom. The van der Waals surface area contributed by atoms with Gasteiger partial charge in [-0.3, -0.25) is 4.79 Å². The summed E-state index contributed by atoms with van der Waals surface area (Å²) in [5.74, 6) is 1.25. The quantitative estimate of drug-likeness (QED) is 0.625. The second kappa shape index (κ2) is 6.04. The van der Waals surface area contributed by atoms with E-state index in [1.807, 2.05) is 54.6 Å². The zero-order valence-corrected chi connectivity index (χ0v) is 13.1. The van der Waals surface area contributed by atoms with Crippen LogP contribution >= 0.6 is 0 Å². The summed E-state index contributed by atoms with van der Waals surface area (Å²) in [5, 5.41) is 0.672. The molecule has 3 aromatic rings. The van der Waals surface area contributed by atoms with E-state index in [1.165, 1.54) is 19.3 Å². The van der Waals surface area contributed by atoms with Crippen molar-refractivity contribution in [1.29, 1.82) is 0 Å². The van der Waals surface area contributed by atoms with Gasteiger partial charge in [-0.25, -0.2) is 0 Å². The van der Waals surface area contributed by atoms with Gasteiger partial charge >= 0.3 is 0 Å². The Labute approximate surface area is 135 Å². The molecule has 2 aromatic carbocycles. The van der Waals surface area contributed by atoms with Crippen molar-refractivity contribution in [1.82, 2.24) is 0 Å². The summed E-state index contributed by atoms with van der Waals surface area (Å²) < 4.78 is 6.27. The maximum Gasteiger partial charge on any atom is 0.200 e. The number of rotatable bonds is 2. The summed E-state index contributed by atoms with van der Waals surface area (Å²) in [7, 11) is 0. The Hall–Kier alpha value is -2.35. The van der Waals surface area contributed by atoms with Gasteiger partial charge in [-0.1, -0.05) is 61.7 Å². The van der Waals surface area contributed by atoms with Crippen LogP contribution in [0.25, 0.3) is 22.1 Å². The first-order valence-electron chi connectivity index (χ1n) is 8.46. The molecule has 1 fully saturated rings. The smallest absolute Gasteiger partial charge is 0.200 e. The normalized spacial score (nSPS) is 15.8. The molecular formula is C21H20O2. The Kier molecular flexibility index (Phi) is 3.74. The average Bonchev–Trinajstić information content (AvgIpc) is 2.63. The molecule has 1 aliphatic rings. The van der Waals surface area contributed by atoms with Gasteiger partial charge in [0, 0.05) is 5.92 Å². The van der Waals surface area contributed by atoms with Crippen molar-refractivity contribution in [2.45, 2.75) is 38.0 Å². The molecule has 0 unspecified atom stereocenters. The van der Waals surface area contributed by atoms with Crippen molar-refractivity contribution in [2.24, 2.45) is 0 Å². The summed E-state index contributed by atoms with van der Waals surface area (Å²) in [6.07, 6.45) is 5.95. The van der Waals surface area contributed by atoms with Crippen molar-refractivity contribution in [3.05, 3.63) is 70.6 Å². The number of hydrogen-bond acceptors (Lipinski definition) is 2. The van der Waals surface area contributed by atoms with Gasteiger partial charge in [0.25, 0.3) is 0 Å². The third kappa shape index (κ3) is 2.59. The van der Waals surface area contributed by atoms with E-state index in [1.54, 1.807) is 0 Å². The summed E-state index contributed by atoms with van der Waals surface area (Å²) in [4.78, 5) is 13.1. The molecule has 0 bridgehead atoms. The van der Waals surface area contributed by atoms with E-state index in [2.05, 4.69) is 0 Å². The van der Waals surface area contributed by atoms with Gasteiger partial charge in [0.1, 0.15) is 11.3 Å². The lowest BCUT2D eigenvalue weighted by molar-refractivity contribution is 0.382. The molecule has 0 radical (unpaired) electrons. The topological polar surface area (TPSA) is 30.2 Å². The largest absolute Gasteiger partial charge is 0.460 e. The molecule has 23 heavy (non-hydrogen) atoms. The molecule has 1 heterocycles. The van der Waals surface area contributed by atoms with Crippen molar-refractivity contribution >= 4 is 11.0 Å². The van der Waals surface area contributed by atoms with Gasteiger partial charge < -0.3 is 4.42 Å². The first kappa shape index (κ1) is 14.3. The highest BCUT2D eigenvalue weighted by atomic mass is 16.3. The van der Waals surface area contributed by atoms with Crippen LogP contribution in [0.3, 0.4) is 0 Å². The van der Waals surface area contributed by atoms with Gasteiger partial charge in [0.05, 0.1) is 10.9 Å². The summed E-state index contributed by atoms with van der Waals surface area (Å²) in [6, 6.07) is 17.5. The lowest BCUT2D eigenvalue weighted by Crippen LogP contribution is -2.14. The highest BCUT2D eigenvalue weighted by Crippen LogP contribution is 2.38. The number of benzene rings is 2. The van der Waals surface area contributed by atoms with Gasteiger partial charge in [-0.15, -0.1) is 0 Å². The predicted octanol–water partition coefficient (Wildman–Crippen LogP) is 5.51. The lowest BCUT2D eigenvalue weighted by atomic mass is 9.84. The minimum absolute atomic E-state index is 0.0959. The number of hydrogen-bond donors (Lipinski definition) is 0. The van der Waals surface area contributed by atoms with E-state index in [0.29, 0.717) is 16.9 Å². The minimum Gasteiger partial charge on any atom is -0.460 e. The van der Waals surface area contributed by atoms with Crippen LogP contribution in [0.4, 0.5) is 0 Å². The van der Waals surface area contributed by atoms with Crippen molar-refractivity contribution < 1.29 is 4.42 Å². The molecule has 0 atom stereocenters. The average molecular weight is 304 g/mol. The maximum atomic E-state index is 13.1. The van der Waals surface area contributed by atoms with Gasteiger partial charge in [-0.05, 0) is 30.5 Å². The van der Waals surface area contributed by atoms with Crippen LogP contribution in [-0.2, 0) is 0 Å². The SMILES string of the molecule is O=c1c(-c2ccccc2)c(C2CCCCC2)oc2ccccc12. The highest BCUT2D eigenvalue weighted by molar-refractivity contribution is 5.83. The highest BCUT2D eigenvalue weighted by Gasteiger charge is 2.24. The van der Waals surface area contributed by atoms with Gasteiger partial charge in [0.15, 0.2) is 0 Å². The molecule has 4 rings (SSSR count). The van der Waals surface area contributed by atoms with Crippen LogP contribution < -0.4 is 5.43 Å². The first-order valence-corrected chi connectivity index (χ1v) is 8.46.